The number of hydrogen-bond donors (Lipinski definition) is 2. The number of benzene rings is 1. The molecule has 0 aliphatic carbocycles. The minimum atomic E-state index is -3.20. The van der Waals surface area contributed by atoms with Gasteiger partial charge in [0.1, 0.15) is 0 Å². The Bertz CT molecular complexity index is 1000. The number of carbonyl (C=O) groups is 1. The first kappa shape index (κ1) is 22.3. The molecule has 2 N–H and O–H groups in total. The number of H-pyrrole nitrogens is 1. The summed E-state index contributed by atoms with van der Waals surface area (Å²) in [4.78, 5) is 18.4. The Kier molecular flexibility index (Phi) is 6.95. The van der Waals surface area contributed by atoms with Crippen molar-refractivity contribution in [3.63, 3.8) is 0 Å². The third kappa shape index (κ3) is 5.28. The van der Waals surface area contributed by atoms with Crippen LogP contribution < -0.4 is 5.32 Å². The maximum absolute atomic E-state index is 12.8. The van der Waals surface area contributed by atoms with Gasteiger partial charge in [-0.3, -0.25) is 9.69 Å². The molecule has 1 aromatic carbocycles. The lowest BCUT2D eigenvalue weighted by atomic mass is 9.99. The van der Waals surface area contributed by atoms with Crippen LogP contribution in [0.15, 0.2) is 30.5 Å². The predicted octanol–water partition coefficient (Wildman–Crippen LogP) is 1.80. The van der Waals surface area contributed by atoms with E-state index in [9.17, 15) is 13.2 Å². The lowest BCUT2D eigenvalue weighted by molar-refractivity contribution is 0.00673. The van der Waals surface area contributed by atoms with Crippen LogP contribution in [-0.4, -0.2) is 86.2 Å². The van der Waals surface area contributed by atoms with Crippen molar-refractivity contribution >= 4 is 26.8 Å². The zero-order chi connectivity index (χ0) is 21.8. The van der Waals surface area contributed by atoms with Crippen molar-refractivity contribution in [3.05, 3.63) is 36.0 Å². The van der Waals surface area contributed by atoms with Gasteiger partial charge in [-0.2, -0.15) is 0 Å². The highest BCUT2D eigenvalue weighted by Gasteiger charge is 2.33. The van der Waals surface area contributed by atoms with Gasteiger partial charge in [0.05, 0.1) is 6.26 Å². The predicted molar refractivity (Wildman–Crippen MR) is 121 cm³/mol. The van der Waals surface area contributed by atoms with E-state index < -0.39 is 10.0 Å². The number of aromatic nitrogens is 1. The summed E-state index contributed by atoms with van der Waals surface area (Å²) in [5, 5.41) is 3.99. The molecule has 3 heterocycles. The zero-order valence-electron chi connectivity index (χ0n) is 18.0. The maximum Gasteiger partial charge on any atom is 0.252 e. The monoisotopic (exact) mass is 448 g/mol. The molecule has 2 aromatic rings. The molecule has 4 rings (SSSR count). The van der Waals surface area contributed by atoms with Gasteiger partial charge in [-0.05, 0) is 43.9 Å². The van der Waals surface area contributed by atoms with Crippen molar-refractivity contribution in [2.24, 2.45) is 0 Å². The van der Waals surface area contributed by atoms with Crippen molar-refractivity contribution in [2.45, 2.75) is 37.8 Å². The van der Waals surface area contributed by atoms with E-state index >= 15 is 0 Å². The summed E-state index contributed by atoms with van der Waals surface area (Å²) in [6.07, 6.45) is 6.83. The number of fused-ring (bicyclic) bond motifs is 1. The summed E-state index contributed by atoms with van der Waals surface area (Å²) in [7, 11) is -3.20. The fourth-order valence-electron chi connectivity index (χ4n) is 4.85. The van der Waals surface area contributed by atoms with Crippen LogP contribution in [0, 0.1) is 0 Å². The molecule has 0 bridgehead atoms. The van der Waals surface area contributed by atoms with Gasteiger partial charge in [0, 0.05) is 74.1 Å². The Hall–Kier alpha value is -1.94. The molecule has 1 unspecified atom stereocenters. The SMILES string of the molecule is CS(=O)(=O)N1CCCC(N(CCNC(=O)c2cccc3[nH]ccc23)C2CCOCC2)C1. The van der Waals surface area contributed by atoms with Crippen molar-refractivity contribution in [1.29, 1.82) is 0 Å². The molecule has 0 spiro atoms. The average Bonchev–Trinajstić information content (AvgIpc) is 3.26. The molecule has 0 saturated carbocycles. The van der Waals surface area contributed by atoms with Gasteiger partial charge >= 0.3 is 0 Å². The normalized spacial score (nSPS) is 21.5. The van der Waals surface area contributed by atoms with Crippen molar-refractivity contribution in [3.8, 4) is 0 Å². The minimum Gasteiger partial charge on any atom is -0.381 e. The Morgan fingerprint density at radius 3 is 2.81 bits per heavy atom. The van der Waals surface area contributed by atoms with Gasteiger partial charge in [0.15, 0.2) is 0 Å². The number of nitrogens with zero attached hydrogens (tertiary/aromatic N) is 2. The standard InChI is InChI=1S/C22H32N4O4S/c1-31(28,29)25-12-3-4-18(16-25)26(17-8-14-30-15-9-17)13-11-24-22(27)20-5-2-6-21-19(20)7-10-23-21/h2,5-7,10,17-18,23H,3-4,8-9,11-16H2,1H3,(H,24,27). The number of amides is 1. The van der Waals surface area contributed by atoms with Crippen LogP contribution in [0.1, 0.15) is 36.0 Å². The summed E-state index contributed by atoms with van der Waals surface area (Å²) in [6.45, 7) is 3.78. The number of hydrogen-bond acceptors (Lipinski definition) is 5. The summed E-state index contributed by atoms with van der Waals surface area (Å²) in [6, 6.07) is 8.10. The van der Waals surface area contributed by atoms with Crippen LogP contribution in [0.5, 0.6) is 0 Å². The van der Waals surface area contributed by atoms with E-state index in [0.29, 0.717) is 37.8 Å². The summed E-state index contributed by atoms with van der Waals surface area (Å²) in [5.74, 6) is -0.0847. The Morgan fingerprint density at radius 1 is 1.23 bits per heavy atom. The van der Waals surface area contributed by atoms with Crippen LogP contribution >= 0.6 is 0 Å². The highest BCUT2D eigenvalue weighted by molar-refractivity contribution is 7.88. The van der Waals surface area contributed by atoms with Gasteiger partial charge in [0.25, 0.3) is 5.91 Å². The van der Waals surface area contributed by atoms with Gasteiger partial charge in [-0.25, -0.2) is 12.7 Å². The quantitative estimate of drug-likeness (QED) is 0.674. The second kappa shape index (κ2) is 9.68. The van der Waals surface area contributed by atoms with Crippen LogP contribution in [0.4, 0.5) is 0 Å². The fraction of sp³-hybridized carbons (Fsp3) is 0.591. The Morgan fingerprint density at radius 2 is 2.03 bits per heavy atom. The Balaban J connectivity index is 1.42. The molecular weight excluding hydrogens is 416 g/mol. The van der Waals surface area contributed by atoms with Gasteiger partial charge in [-0.1, -0.05) is 6.07 Å². The molecule has 1 amide bonds. The molecule has 2 aliphatic rings. The molecule has 2 fully saturated rings. The summed E-state index contributed by atoms with van der Waals surface area (Å²) in [5.41, 5.74) is 1.61. The van der Waals surface area contributed by atoms with Gasteiger partial charge in [0.2, 0.25) is 10.0 Å². The van der Waals surface area contributed by atoms with Gasteiger partial charge in [-0.15, -0.1) is 0 Å². The van der Waals surface area contributed by atoms with E-state index in [0.717, 1.165) is 49.8 Å². The van der Waals surface area contributed by atoms with Gasteiger partial charge < -0.3 is 15.0 Å². The first-order chi connectivity index (χ1) is 14.9. The first-order valence-corrected chi connectivity index (χ1v) is 12.9. The first-order valence-electron chi connectivity index (χ1n) is 11.1. The topological polar surface area (TPSA) is 94.7 Å². The van der Waals surface area contributed by atoms with Crippen LogP contribution in [0.2, 0.25) is 0 Å². The number of carbonyl (C=O) groups excluding carboxylic acids is 1. The number of nitrogens with one attached hydrogen (secondary N) is 2. The third-order valence-electron chi connectivity index (χ3n) is 6.45. The third-order valence-corrected chi connectivity index (χ3v) is 7.72. The van der Waals surface area contributed by atoms with Crippen LogP contribution in [-0.2, 0) is 14.8 Å². The second-order valence-electron chi connectivity index (χ2n) is 8.50. The van der Waals surface area contributed by atoms with Crippen molar-refractivity contribution < 1.29 is 17.9 Å². The molecule has 2 saturated heterocycles. The second-order valence-corrected chi connectivity index (χ2v) is 10.5. The number of piperidine rings is 1. The Labute approximate surface area is 184 Å². The van der Waals surface area contributed by atoms with Crippen LogP contribution in [0.25, 0.3) is 10.9 Å². The summed E-state index contributed by atoms with van der Waals surface area (Å²) >= 11 is 0. The van der Waals surface area contributed by atoms with E-state index in [1.54, 1.807) is 4.31 Å². The van der Waals surface area contributed by atoms with E-state index in [2.05, 4.69) is 15.2 Å². The number of sulfonamides is 1. The maximum atomic E-state index is 12.8. The van der Waals surface area contributed by atoms with E-state index in [4.69, 9.17) is 4.74 Å². The molecular formula is C22H32N4O4S. The highest BCUT2D eigenvalue weighted by atomic mass is 32.2. The summed E-state index contributed by atoms with van der Waals surface area (Å²) < 4.78 is 31.3. The molecule has 8 nitrogen and oxygen atoms in total. The minimum absolute atomic E-state index is 0.0847. The fourth-order valence-corrected chi connectivity index (χ4v) is 5.75. The molecule has 2 aliphatic heterocycles. The zero-order valence-corrected chi connectivity index (χ0v) is 18.9. The lowest BCUT2D eigenvalue weighted by Crippen LogP contribution is -2.55. The molecule has 170 valence electrons. The van der Waals surface area contributed by atoms with E-state index in [1.807, 2.05) is 30.5 Å². The van der Waals surface area contributed by atoms with E-state index in [1.165, 1.54) is 6.26 Å². The smallest absolute Gasteiger partial charge is 0.252 e. The largest absolute Gasteiger partial charge is 0.381 e. The number of ether oxygens (including phenoxy) is 1. The van der Waals surface area contributed by atoms with Crippen molar-refractivity contribution in [1.82, 2.24) is 19.5 Å². The molecule has 31 heavy (non-hydrogen) atoms. The van der Waals surface area contributed by atoms with Crippen molar-refractivity contribution in [2.75, 3.05) is 45.6 Å². The van der Waals surface area contributed by atoms with Crippen LogP contribution in [0.3, 0.4) is 0 Å². The molecule has 9 heteroatoms. The lowest BCUT2D eigenvalue weighted by Gasteiger charge is -2.43. The molecule has 1 atom stereocenters. The number of rotatable bonds is 7. The van der Waals surface area contributed by atoms with E-state index in [-0.39, 0.29) is 11.9 Å². The number of aromatic amines is 1. The molecule has 1 aromatic heterocycles. The average molecular weight is 449 g/mol. The highest BCUT2D eigenvalue weighted by Crippen LogP contribution is 2.24. The molecule has 0 radical (unpaired) electrons.